The van der Waals surface area contributed by atoms with E-state index < -0.39 is 0 Å². The minimum atomic E-state index is -0.382. The molecule has 0 radical (unpaired) electrons. The van der Waals surface area contributed by atoms with E-state index in [9.17, 15) is 10.1 Å². The van der Waals surface area contributed by atoms with Crippen molar-refractivity contribution < 1.29 is 4.92 Å². The minimum Gasteiger partial charge on any atom is -0.306 e. The van der Waals surface area contributed by atoms with Crippen LogP contribution >= 0.6 is 11.6 Å². The van der Waals surface area contributed by atoms with Gasteiger partial charge in [-0.3, -0.25) is 10.1 Å². The Hall–Kier alpha value is -1.91. The van der Waals surface area contributed by atoms with Gasteiger partial charge in [0.2, 0.25) is 0 Å². The third-order valence-electron chi connectivity index (χ3n) is 3.08. The highest BCUT2D eigenvalue weighted by molar-refractivity contribution is 6.30. The van der Waals surface area contributed by atoms with Gasteiger partial charge in [0.15, 0.2) is 0 Å². The van der Waals surface area contributed by atoms with Crippen LogP contribution in [-0.2, 0) is 6.54 Å². The van der Waals surface area contributed by atoms with Crippen LogP contribution in [0.4, 0.5) is 5.69 Å². The number of halogens is 1. The molecule has 0 heterocycles. The van der Waals surface area contributed by atoms with E-state index in [1.54, 1.807) is 12.1 Å². The summed E-state index contributed by atoms with van der Waals surface area (Å²) >= 11 is 5.93. The molecule has 2 aromatic carbocycles. The smallest absolute Gasteiger partial charge is 0.269 e. The summed E-state index contributed by atoms with van der Waals surface area (Å²) in [5, 5.41) is 14.8. The van der Waals surface area contributed by atoms with Gasteiger partial charge in [0, 0.05) is 29.7 Å². The molecular weight excluding hydrogens is 276 g/mol. The van der Waals surface area contributed by atoms with Crippen LogP contribution in [0, 0.1) is 10.1 Å². The van der Waals surface area contributed by atoms with Gasteiger partial charge in [0.05, 0.1) is 4.92 Å². The van der Waals surface area contributed by atoms with Crippen molar-refractivity contribution in [3.8, 4) is 0 Å². The molecule has 5 heteroatoms. The van der Waals surface area contributed by atoms with E-state index >= 15 is 0 Å². The van der Waals surface area contributed by atoms with Crippen LogP contribution in [0.3, 0.4) is 0 Å². The molecule has 2 rings (SSSR count). The molecular formula is C15H15ClN2O2. The van der Waals surface area contributed by atoms with Gasteiger partial charge < -0.3 is 5.32 Å². The van der Waals surface area contributed by atoms with Gasteiger partial charge in [0.1, 0.15) is 0 Å². The Labute approximate surface area is 122 Å². The number of nitrogens with zero attached hydrogens (tertiary/aromatic N) is 1. The van der Waals surface area contributed by atoms with Crippen LogP contribution in [0.15, 0.2) is 48.5 Å². The quantitative estimate of drug-likeness (QED) is 0.666. The largest absolute Gasteiger partial charge is 0.306 e. The number of benzene rings is 2. The number of hydrogen-bond donors (Lipinski definition) is 1. The summed E-state index contributed by atoms with van der Waals surface area (Å²) in [6.07, 6.45) is 0. The minimum absolute atomic E-state index is 0.0221. The Morgan fingerprint density at radius 1 is 1.25 bits per heavy atom. The third kappa shape index (κ3) is 3.79. The standard InChI is InChI=1S/C15H15ClN2O2/c1-11(13-5-3-7-15(9-13)18(19)20)17-10-12-4-2-6-14(16)8-12/h2-9,11,17H,10H2,1H3. The zero-order valence-corrected chi connectivity index (χ0v) is 11.8. The summed E-state index contributed by atoms with van der Waals surface area (Å²) in [7, 11) is 0. The monoisotopic (exact) mass is 290 g/mol. The SMILES string of the molecule is CC(NCc1cccc(Cl)c1)c1cccc([N+](=O)[O-])c1. The maximum atomic E-state index is 10.8. The lowest BCUT2D eigenvalue weighted by atomic mass is 10.1. The average Bonchev–Trinajstić information content (AvgIpc) is 2.45. The predicted molar refractivity (Wildman–Crippen MR) is 79.8 cm³/mol. The summed E-state index contributed by atoms with van der Waals surface area (Å²) in [4.78, 5) is 10.4. The van der Waals surface area contributed by atoms with Crippen molar-refractivity contribution in [3.63, 3.8) is 0 Å². The van der Waals surface area contributed by atoms with Crippen molar-refractivity contribution in [3.05, 3.63) is 74.8 Å². The summed E-state index contributed by atoms with van der Waals surface area (Å²) < 4.78 is 0. The summed E-state index contributed by atoms with van der Waals surface area (Å²) in [6.45, 7) is 2.63. The molecule has 20 heavy (non-hydrogen) atoms. The number of rotatable bonds is 5. The Morgan fingerprint density at radius 3 is 2.70 bits per heavy atom. The fourth-order valence-corrected chi connectivity index (χ4v) is 2.16. The fraction of sp³-hybridized carbons (Fsp3) is 0.200. The first-order valence-corrected chi connectivity index (χ1v) is 6.66. The topological polar surface area (TPSA) is 55.2 Å². The van der Waals surface area contributed by atoms with Crippen molar-refractivity contribution in [2.24, 2.45) is 0 Å². The van der Waals surface area contributed by atoms with E-state index in [1.165, 1.54) is 6.07 Å². The van der Waals surface area contributed by atoms with Crippen molar-refractivity contribution in [2.45, 2.75) is 19.5 Å². The molecule has 0 spiro atoms. The molecule has 2 aromatic rings. The van der Waals surface area contributed by atoms with E-state index in [4.69, 9.17) is 11.6 Å². The Morgan fingerprint density at radius 2 is 2.00 bits per heavy atom. The second-order valence-electron chi connectivity index (χ2n) is 4.58. The molecule has 0 aliphatic rings. The Balaban J connectivity index is 2.03. The Kier molecular flexibility index (Phi) is 4.71. The van der Waals surface area contributed by atoms with Crippen molar-refractivity contribution in [1.82, 2.24) is 5.32 Å². The molecule has 0 amide bonds. The summed E-state index contributed by atoms with van der Waals surface area (Å²) in [5.74, 6) is 0. The summed E-state index contributed by atoms with van der Waals surface area (Å²) in [5.41, 5.74) is 2.08. The maximum absolute atomic E-state index is 10.8. The van der Waals surface area contributed by atoms with Crippen LogP contribution in [-0.4, -0.2) is 4.92 Å². The van der Waals surface area contributed by atoms with Crippen molar-refractivity contribution in [2.75, 3.05) is 0 Å². The normalized spacial score (nSPS) is 12.1. The second kappa shape index (κ2) is 6.50. The highest BCUT2D eigenvalue weighted by atomic mass is 35.5. The number of nitro groups is 1. The zero-order chi connectivity index (χ0) is 14.5. The predicted octanol–water partition coefficient (Wildman–Crippen LogP) is 4.10. The number of hydrogen-bond acceptors (Lipinski definition) is 3. The molecule has 0 fully saturated rings. The Bertz CT molecular complexity index is 616. The molecule has 4 nitrogen and oxygen atoms in total. The van der Waals surface area contributed by atoms with Crippen LogP contribution < -0.4 is 5.32 Å². The van der Waals surface area contributed by atoms with Crippen molar-refractivity contribution >= 4 is 17.3 Å². The zero-order valence-electron chi connectivity index (χ0n) is 11.0. The van der Waals surface area contributed by atoms with Gasteiger partial charge in [0.25, 0.3) is 5.69 Å². The first kappa shape index (κ1) is 14.5. The molecule has 0 aliphatic heterocycles. The molecule has 0 saturated heterocycles. The van der Waals surface area contributed by atoms with Gasteiger partial charge in [-0.2, -0.15) is 0 Å². The van der Waals surface area contributed by atoms with Gasteiger partial charge in [-0.1, -0.05) is 35.9 Å². The summed E-state index contributed by atoms with van der Waals surface area (Å²) in [6, 6.07) is 14.3. The van der Waals surface area contributed by atoms with E-state index in [-0.39, 0.29) is 16.7 Å². The van der Waals surface area contributed by atoms with Gasteiger partial charge >= 0.3 is 0 Å². The van der Waals surface area contributed by atoms with E-state index in [2.05, 4.69) is 5.32 Å². The molecule has 1 N–H and O–H groups in total. The van der Waals surface area contributed by atoms with Gasteiger partial charge in [-0.05, 0) is 30.2 Å². The van der Waals surface area contributed by atoms with E-state index in [0.717, 1.165) is 11.1 Å². The van der Waals surface area contributed by atoms with E-state index in [1.807, 2.05) is 37.3 Å². The van der Waals surface area contributed by atoms with Gasteiger partial charge in [-0.15, -0.1) is 0 Å². The average molecular weight is 291 g/mol. The fourth-order valence-electron chi connectivity index (χ4n) is 1.94. The molecule has 1 unspecified atom stereocenters. The van der Waals surface area contributed by atoms with Crippen molar-refractivity contribution in [1.29, 1.82) is 0 Å². The lowest BCUT2D eigenvalue weighted by Gasteiger charge is -2.14. The third-order valence-corrected chi connectivity index (χ3v) is 3.32. The number of nitro benzene ring substituents is 1. The lowest BCUT2D eigenvalue weighted by molar-refractivity contribution is -0.384. The maximum Gasteiger partial charge on any atom is 0.269 e. The lowest BCUT2D eigenvalue weighted by Crippen LogP contribution is -2.18. The van der Waals surface area contributed by atoms with Crippen LogP contribution in [0.1, 0.15) is 24.1 Å². The van der Waals surface area contributed by atoms with Gasteiger partial charge in [-0.25, -0.2) is 0 Å². The second-order valence-corrected chi connectivity index (χ2v) is 5.02. The first-order valence-electron chi connectivity index (χ1n) is 6.28. The molecule has 1 atom stereocenters. The number of non-ortho nitro benzene ring substituents is 1. The molecule has 0 saturated carbocycles. The highest BCUT2D eigenvalue weighted by Crippen LogP contribution is 2.19. The molecule has 0 bridgehead atoms. The molecule has 0 aromatic heterocycles. The van der Waals surface area contributed by atoms with Crippen LogP contribution in [0.25, 0.3) is 0 Å². The van der Waals surface area contributed by atoms with Crippen LogP contribution in [0.2, 0.25) is 5.02 Å². The number of nitrogens with one attached hydrogen (secondary N) is 1. The highest BCUT2D eigenvalue weighted by Gasteiger charge is 2.10. The van der Waals surface area contributed by atoms with E-state index in [0.29, 0.717) is 11.6 Å². The molecule has 104 valence electrons. The first-order chi connectivity index (χ1) is 9.56. The molecule has 0 aliphatic carbocycles. The van der Waals surface area contributed by atoms with Crippen LogP contribution in [0.5, 0.6) is 0 Å².